The Kier molecular flexibility index (Phi) is 5.03. The van der Waals surface area contributed by atoms with Gasteiger partial charge < -0.3 is 30.5 Å². The van der Waals surface area contributed by atoms with Gasteiger partial charge >= 0.3 is 11.9 Å². The number of ether oxygens (including phenoxy) is 2. The molecule has 0 saturated carbocycles. The number of hydrogen-bond donors (Lipinski definition) is 4. The molecular formula is C20H15NO7. The third-order valence-electron chi connectivity index (χ3n) is 3.76. The lowest BCUT2D eigenvalue weighted by molar-refractivity contribution is 0.0686. The second-order valence-corrected chi connectivity index (χ2v) is 5.72. The van der Waals surface area contributed by atoms with Crippen LogP contribution in [0.5, 0.6) is 28.7 Å². The number of phenolic OH excluding ortho intramolecular Hbond substituents is 1. The number of aromatic hydroxyl groups is 1. The zero-order valence-electron chi connectivity index (χ0n) is 14.3. The van der Waals surface area contributed by atoms with E-state index in [0.717, 1.165) is 0 Å². The molecule has 3 rings (SSSR count). The first-order chi connectivity index (χ1) is 13.3. The van der Waals surface area contributed by atoms with Crippen molar-refractivity contribution >= 4 is 17.6 Å². The first kappa shape index (κ1) is 18.6. The topological polar surface area (TPSA) is 139 Å². The Labute approximate surface area is 159 Å². The minimum Gasteiger partial charge on any atom is -0.506 e. The molecule has 0 saturated heterocycles. The monoisotopic (exact) mass is 381 g/mol. The molecule has 3 aromatic carbocycles. The Morgan fingerprint density at radius 1 is 0.714 bits per heavy atom. The minimum atomic E-state index is -1.06. The van der Waals surface area contributed by atoms with E-state index < -0.39 is 11.9 Å². The van der Waals surface area contributed by atoms with Gasteiger partial charge in [-0.2, -0.15) is 0 Å². The highest BCUT2D eigenvalue weighted by Crippen LogP contribution is 2.39. The Hall–Kier alpha value is -4.20. The molecule has 0 aromatic heterocycles. The van der Waals surface area contributed by atoms with Crippen LogP contribution in [0.15, 0.2) is 60.7 Å². The van der Waals surface area contributed by atoms with Crippen LogP contribution in [0.25, 0.3) is 0 Å². The highest BCUT2D eigenvalue weighted by molar-refractivity contribution is 5.88. The summed E-state index contributed by atoms with van der Waals surface area (Å²) in [5.74, 6) is -1.39. The quantitative estimate of drug-likeness (QED) is 0.372. The predicted molar refractivity (Wildman–Crippen MR) is 99.5 cm³/mol. The summed E-state index contributed by atoms with van der Waals surface area (Å²) < 4.78 is 11.2. The van der Waals surface area contributed by atoms with Gasteiger partial charge in [0, 0.05) is 12.1 Å². The van der Waals surface area contributed by atoms with E-state index in [-0.39, 0.29) is 34.1 Å². The van der Waals surface area contributed by atoms with Gasteiger partial charge in [0.2, 0.25) is 0 Å². The molecule has 0 radical (unpaired) electrons. The number of phenols is 1. The molecule has 0 aliphatic carbocycles. The second-order valence-electron chi connectivity index (χ2n) is 5.72. The molecule has 0 heterocycles. The Morgan fingerprint density at radius 3 is 1.64 bits per heavy atom. The van der Waals surface area contributed by atoms with Crippen molar-refractivity contribution in [1.82, 2.24) is 0 Å². The van der Waals surface area contributed by atoms with E-state index in [1.54, 1.807) is 0 Å². The summed E-state index contributed by atoms with van der Waals surface area (Å²) in [4.78, 5) is 21.8. The summed E-state index contributed by atoms with van der Waals surface area (Å²) in [6.45, 7) is 0. The summed E-state index contributed by atoms with van der Waals surface area (Å²) in [5.41, 5.74) is 6.03. The zero-order valence-corrected chi connectivity index (χ0v) is 14.3. The molecule has 0 spiro atoms. The SMILES string of the molecule is Nc1c(O)cc(Oc2ccc(C(=O)O)cc2)cc1Oc1ccc(C(=O)O)cc1. The van der Waals surface area contributed by atoms with E-state index in [2.05, 4.69) is 0 Å². The van der Waals surface area contributed by atoms with Crippen molar-refractivity contribution in [3.63, 3.8) is 0 Å². The smallest absolute Gasteiger partial charge is 0.335 e. The highest BCUT2D eigenvalue weighted by atomic mass is 16.5. The van der Waals surface area contributed by atoms with Gasteiger partial charge in [0.05, 0.1) is 11.1 Å². The van der Waals surface area contributed by atoms with Gasteiger partial charge in [0.1, 0.15) is 28.7 Å². The fraction of sp³-hybridized carbons (Fsp3) is 0. The number of aromatic carboxylic acids is 2. The van der Waals surface area contributed by atoms with Crippen molar-refractivity contribution in [3.8, 4) is 28.7 Å². The van der Waals surface area contributed by atoms with E-state index in [9.17, 15) is 14.7 Å². The van der Waals surface area contributed by atoms with Crippen molar-refractivity contribution in [2.45, 2.75) is 0 Å². The molecular weight excluding hydrogens is 366 g/mol. The van der Waals surface area contributed by atoms with Crippen LogP contribution in [0, 0.1) is 0 Å². The third kappa shape index (κ3) is 4.13. The van der Waals surface area contributed by atoms with Crippen LogP contribution in [-0.2, 0) is 0 Å². The number of anilines is 1. The average Bonchev–Trinajstić information content (AvgIpc) is 2.66. The molecule has 8 heteroatoms. The molecule has 5 N–H and O–H groups in total. The van der Waals surface area contributed by atoms with Crippen molar-refractivity contribution < 1.29 is 34.4 Å². The molecule has 0 atom stereocenters. The summed E-state index contributed by atoms with van der Waals surface area (Å²) in [5, 5.41) is 27.9. The van der Waals surface area contributed by atoms with E-state index in [4.69, 9.17) is 25.4 Å². The number of nitrogens with two attached hydrogens (primary N) is 1. The lowest BCUT2D eigenvalue weighted by Crippen LogP contribution is -1.97. The maximum Gasteiger partial charge on any atom is 0.335 e. The summed E-state index contributed by atoms with van der Waals surface area (Å²) in [6, 6.07) is 14.1. The van der Waals surface area contributed by atoms with Gasteiger partial charge in [0.25, 0.3) is 0 Å². The first-order valence-corrected chi connectivity index (χ1v) is 7.98. The van der Waals surface area contributed by atoms with Crippen molar-refractivity contribution in [2.75, 3.05) is 5.73 Å². The Morgan fingerprint density at radius 2 is 1.18 bits per heavy atom. The highest BCUT2D eigenvalue weighted by Gasteiger charge is 2.12. The van der Waals surface area contributed by atoms with E-state index >= 15 is 0 Å². The number of nitrogen functional groups attached to an aromatic ring is 1. The normalized spacial score (nSPS) is 10.3. The van der Waals surface area contributed by atoms with Crippen molar-refractivity contribution in [3.05, 3.63) is 71.8 Å². The van der Waals surface area contributed by atoms with Crippen molar-refractivity contribution in [1.29, 1.82) is 0 Å². The molecule has 0 fully saturated rings. The molecule has 28 heavy (non-hydrogen) atoms. The van der Waals surface area contributed by atoms with Crippen LogP contribution in [0.4, 0.5) is 5.69 Å². The van der Waals surface area contributed by atoms with E-state index in [1.165, 1.54) is 60.7 Å². The van der Waals surface area contributed by atoms with Gasteiger partial charge in [-0.05, 0) is 48.5 Å². The lowest BCUT2D eigenvalue weighted by atomic mass is 10.2. The number of carboxylic acid groups (broad SMARTS) is 2. The maximum atomic E-state index is 10.9. The molecule has 0 amide bonds. The van der Waals surface area contributed by atoms with Crippen LogP contribution in [0.3, 0.4) is 0 Å². The molecule has 8 nitrogen and oxygen atoms in total. The largest absolute Gasteiger partial charge is 0.506 e. The number of rotatable bonds is 6. The second kappa shape index (κ2) is 7.58. The van der Waals surface area contributed by atoms with Gasteiger partial charge in [-0.25, -0.2) is 9.59 Å². The lowest BCUT2D eigenvalue weighted by Gasteiger charge is -2.13. The van der Waals surface area contributed by atoms with E-state index in [0.29, 0.717) is 11.5 Å². The summed E-state index contributed by atoms with van der Waals surface area (Å²) in [7, 11) is 0. The number of hydrogen-bond acceptors (Lipinski definition) is 6. The van der Waals surface area contributed by atoms with Crippen LogP contribution in [0.1, 0.15) is 20.7 Å². The fourth-order valence-corrected chi connectivity index (χ4v) is 2.32. The van der Waals surface area contributed by atoms with Crippen LogP contribution < -0.4 is 15.2 Å². The Balaban J connectivity index is 1.83. The van der Waals surface area contributed by atoms with Gasteiger partial charge in [-0.3, -0.25) is 0 Å². The number of benzene rings is 3. The molecule has 0 unspecified atom stereocenters. The van der Waals surface area contributed by atoms with Gasteiger partial charge in [0.15, 0.2) is 5.75 Å². The van der Waals surface area contributed by atoms with Crippen LogP contribution >= 0.6 is 0 Å². The third-order valence-corrected chi connectivity index (χ3v) is 3.76. The molecule has 3 aromatic rings. The van der Waals surface area contributed by atoms with Crippen LogP contribution in [0.2, 0.25) is 0 Å². The standard InChI is InChI=1S/C20H15NO7/c21-18-16(22)9-15(27-13-5-1-11(2-6-13)19(23)24)10-17(18)28-14-7-3-12(4-8-14)20(25)26/h1-10,22H,21H2,(H,23,24)(H,25,26). The first-order valence-electron chi connectivity index (χ1n) is 7.98. The Bertz CT molecular complexity index is 1030. The molecule has 0 bridgehead atoms. The molecule has 142 valence electrons. The average molecular weight is 381 g/mol. The van der Waals surface area contributed by atoms with Gasteiger partial charge in [-0.1, -0.05) is 0 Å². The fourth-order valence-electron chi connectivity index (χ4n) is 2.32. The number of carbonyl (C=O) groups is 2. The molecule has 0 aliphatic heterocycles. The minimum absolute atomic E-state index is 0.0177. The summed E-state index contributed by atoms with van der Waals surface area (Å²) >= 11 is 0. The summed E-state index contributed by atoms with van der Waals surface area (Å²) in [6.07, 6.45) is 0. The van der Waals surface area contributed by atoms with E-state index in [1.807, 2.05) is 0 Å². The maximum absolute atomic E-state index is 10.9. The number of carboxylic acids is 2. The van der Waals surface area contributed by atoms with Crippen molar-refractivity contribution in [2.24, 2.45) is 0 Å². The molecule has 0 aliphatic rings. The predicted octanol–water partition coefficient (Wildman–Crippen LogP) is 3.96. The zero-order chi connectivity index (χ0) is 20.3. The van der Waals surface area contributed by atoms with Crippen LogP contribution in [-0.4, -0.2) is 27.3 Å². The van der Waals surface area contributed by atoms with Gasteiger partial charge in [-0.15, -0.1) is 0 Å².